The number of carbonyl (C=O) groups is 2. The van der Waals surface area contributed by atoms with Crippen molar-refractivity contribution >= 4 is 23.3 Å². The van der Waals surface area contributed by atoms with Gasteiger partial charge in [0.25, 0.3) is 11.8 Å². The molecule has 0 fully saturated rings. The molecule has 0 unspecified atom stereocenters. The second-order valence-electron chi connectivity index (χ2n) is 5.32. The Labute approximate surface area is 143 Å². The van der Waals surface area contributed by atoms with E-state index in [4.69, 9.17) is 0 Å². The Morgan fingerprint density at radius 1 is 0.960 bits per heavy atom. The highest BCUT2D eigenvalue weighted by Crippen LogP contribution is 2.14. The second-order valence-corrected chi connectivity index (χ2v) is 5.32. The summed E-state index contributed by atoms with van der Waals surface area (Å²) in [7, 11) is 1.62. The van der Waals surface area contributed by atoms with Gasteiger partial charge in [0.05, 0.1) is 0 Å². The van der Waals surface area contributed by atoms with Crippen LogP contribution >= 0.6 is 0 Å². The number of amides is 2. The molecule has 3 rings (SSSR count). The molecule has 3 aromatic rings. The number of benzene rings is 2. The van der Waals surface area contributed by atoms with Gasteiger partial charge in [-0.15, -0.1) is 0 Å². The molecular weight excluding hydrogens is 323 g/mol. The molecule has 0 spiro atoms. The first kappa shape index (κ1) is 16.4. The summed E-state index contributed by atoms with van der Waals surface area (Å²) in [4.78, 5) is 24.4. The summed E-state index contributed by atoms with van der Waals surface area (Å²) in [5.74, 6) is -0.753. The van der Waals surface area contributed by atoms with Gasteiger partial charge < -0.3 is 10.6 Å². The number of nitrogens with one attached hydrogen (secondary N) is 2. The molecule has 0 saturated carbocycles. The van der Waals surface area contributed by atoms with Gasteiger partial charge in [0.1, 0.15) is 11.6 Å². The summed E-state index contributed by atoms with van der Waals surface area (Å²) in [6.45, 7) is 0. The van der Waals surface area contributed by atoms with Crippen LogP contribution < -0.4 is 10.6 Å². The van der Waals surface area contributed by atoms with E-state index in [9.17, 15) is 14.0 Å². The predicted molar refractivity (Wildman–Crippen MR) is 92.0 cm³/mol. The van der Waals surface area contributed by atoms with E-state index in [-0.39, 0.29) is 17.4 Å². The van der Waals surface area contributed by atoms with Crippen LogP contribution in [0.25, 0.3) is 0 Å². The summed E-state index contributed by atoms with van der Waals surface area (Å²) in [5.41, 5.74) is 1.09. The SMILES string of the molecule is Cn1nc(C(=O)Nc2ccc(F)cc2)cc1NC(=O)c1ccccc1. The minimum atomic E-state index is -0.456. The van der Waals surface area contributed by atoms with Crippen LogP contribution in [0.2, 0.25) is 0 Å². The van der Waals surface area contributed by atoms with E-state index < -0.39 is 5.91 Å². The highest BCUT2D eigenvalue weighted by Gasteiger charge is 2.15. The number of hydrogen-bond acceptors (Lipinski definition) is 3. The van der Waals surface area contributed by atoms with Crippen LogP contribution in [0.4, 0.5) is 15.9 Å². The fraction of sp³-hybridized carbons (Fsp3) is 0.0556. The lowest BCUT2D eigenvalue weighted by Gasteiger charge is -2.04. The van der Waals surface area contributed by atoms with Crippen molar-refractivity contribution in [2.24, 2.45) is 7.05 Å². The number of aryl methyl sites for hydroxylation is 1. The van der Waals surface area contributed by atoms with Gasteiger partial charge in [-0.25, -0.2) is 4.39 Å². The first-order valence-corrected chi connectivity index (χ1v) is 7.50. The number of rotatable bonds is 4. The molecule has 0 radical (unpaired) electrons. The number of carbonyl (C=O) groups excluding carboxylic acids is 2. The third-order valence-corrected chi connectivity index (χ3v) is 3.49. The van der Waals surface area contributed by atoms with Crippen molar-refractivity contribution in [3.63, 3.8) is 0 Å². The zero-order chi connectivity index (χ0) is 17.8. The molecule has 2 N–H and O–H groups in total. The van der Waals surface area contributed by atoms with E-state index in [1.807, 2.05) is 6.07 Å². The Morgan fingerprint density at radius 3 is 2.32 bits per heavy atom. The molecule has 6 nitrogen and oxygen atoms in total. The largest absolute Gasteiger partial charge is 0.321 e. The monoisotopic (exact) mass is 338 g/mol. The average Bonchev–Trinajstić information content (AvgIpc) is 2.98. The van der Waals surface area contributed by atoms with Crippen LogP contribution in [-0.4, -0.2) is 21.6 Å². The molecule has 25 heavy (non-hydrogen) atoms. The Balaban J connectivity index is 1.72. The van der Waals surface area contributed by atoms with Gasteiger partial charge in [0.15, 0.2) is 5.69 Å². The standard InChI is InChI=1S/C18H15FN4O2/c1-23-16(21-17(24)12-5-3-2-4-6-12)11-15(22-23)18(25)20-14-9-7-13(19)8-10-14/h2-11H,1H3,(H,20,25)(H,21,24). The molecule has 126 valence electrons. The molecular formula is C18H15FN4O2. The number of halogens is 1. The van der Waals surface area contributed by atoms with Crippen molar-refractivity contribution < 1.29 is 14.0 Å². The van der Waals surface area contributed by atoms with Crippen LogP contribution in [0, 0.1) is 5.82 Å². The molecule has 7 heteroatoms. The lowest BCUT2D eigenvalue weighted by Crippen LogP contribution is -2.14. The summed E-state index contributed by atoms with van der Waals surface area (Å²) < 4.78 is 14.3. The highest BCUT2D eigenvalue weighted by molar-refractivity contribution is 6.06. The van der Waals surface area contributed by atoms with E-state index in [1.54, 1.807) is 31.3 Å². The second kappa shape index (κ2) is 6.96. The zero-order valence-corrected chi connectivity index (χ0v) is 13.4. The highest BCUT2D eigenvalue weighted by atomic mass is 19.1. The molecule has 2 aromatic carbocycles. The third kappa shape index (κ3) is 3.89. The molecule has 0 aliphatic carbocycles. The maximum Gasteiger partial charge on any atom is 0.276 e. The first-order chi connectivity index (χ1) is 12.0. The smallest absolute Gasteiger partial charge is 0.276 e. The zero-order valence-electron chi connectivity index (χ0n) is 13.4. The quantitative estimate of drug-likeness (QED) is 0.768. The van der Waals surface area contributed by atoms with E-state index in [1.165, 1.54) is 35.0 Å². The van der Waals surface area contributed by atoms with Gasteiger partial charge in [-0.2, -0.15) is 5.10 Å². The molecule has 0 aliphatic heterocycles. The van der Waals surface area contributed by atoms with Gasteiger partial charge in [0, 0.05) is 24.4 Å². The van der Waals surface area contributed by atoms with Crippen molar-refractivity contribution in [1.29, 1.82) is 0 Å². The van der Waals surface area contributed by atoms with Crippen molar-refractivity contribution in [3.8, 4) is 0 Å². The summed E-state index contributed by atoms with van der Waals surface area (Å²) in [6, 6.07) is 15.6. The van der Waals surface area contributed by atoms with Gasteiger partial charge in [-0.1, -0.05) is 18.2 Å². The van der Waals surface area contributed by atoms with Crippen molar-refractivity contribution in [3.05, 3.63) is 77.7 Å². The van der Waals surface area contributed by atoms with Crippen molar-refractivity contribution in [2.75, 3.05) is 10.6 Å². The average molecular weight is 338 g/mol. The number of aromatic nitrogens is 2. The number of nitrogens with zero attached hydrogens (tertiary/aromatic N) is 2. The van der Waals surface area contributed by atoms with Crippen molar-refractivity contribution in [1.82, 2.24) is 9.78 Å². The minimum Gasteiger partial charge on any atom is -0.321 e. The van der Waals surface area contributed by atoms with Gasteiger partial charge in [-0.05, 0) is 36.4 Å². The number of hydrogen-bond donors (Lipinski definition) is 2. The molecule has 1 aromatic heterocycles. The topological polar surface area (TPSA) is 76.0 Å². The Bertz CT molecular complexity index is 905. The first-order valence-electron chi connectivity index (χ1n) is 7.50. The molecule has 0 bridgehead atoms. The van der Waals surface area contributed by atoms with E-state index in [0.717, 1.165) is 0 Å². The molecule has 0 aliphatic rings. The molecule has 1 heterocycles. The van der Waals surface area contributed by atoms with Crippen molar-refractivity contribution in [2.45, 2.75) is 0 Å². The fourth-order valence-corrected chi connectivity index (χ4v) is 2.20. The van der Waals surface area contributed by atoms with Crippen LogP contribution in [0.15, 0.2) is 60.7 Å². The van der Waals surface area contributed by atoms with Crippen LogP contribution in [-0.2, 0) is 7.05 Å². The van der Waals surface area contributed by atoms with Crippen LogP contribution in [0.5, 0.6) is 0 Å². The maximum absolute atomic E-state index is 12.9. The minimum absolute atomic E-state index is 0.134. The Kier molecular flexibility index (Phi) is 4.56. The lowest BCUT2D eigenvalue weighted by molar-refractivity contribution is 0.101. The van der Waals surface area contributed by atoms with E-state index in [2.05, 4.69) is 15.7 Å². The molecule has 2 amide bonds. The van der Waals surface area contributed by atoms with Crippen LogP contribution in [0.1, 0.15) is 20.8 Å². The Hall–Kier alpha value is -3.48. The maximum atomic E-state index is 12.9. The van der Waals surface area contributed by atoms with Crippen LogP contribution in [0.3, 0.4) is 0 Å². The summed E-state index contributed by atoms with van der Waals surface area (Å²) in [5, 5.41) is 9.41. The predicted octanol–water partition coefficient (Wildman–Crippen LogP) is 3.06. The normalized spacial score (nSPS) is 10.3. The fourth-order valence-electron chi connectivity index (χ4n) is 2.20. The van der Waals surface area contributed by atoms with Gasteiger partial charge in [0.2, 0.25) is 0 Å². The van der Waals surface area contributed by atoms with E-state index >= 15 is 0 Å². The van der Waals surface area contributed by atoms with Gasteiger partial charge >= 0.3 is 0 Å². The molecule has 0 atom stereocenters. The van der Waals surface area contributed by atoms with E-state index in [0.29, 0.717) is 17.1 Å². The lowest BCUT2D eigenvalue weighted by atomic mass is 10.2. The van der Waals surface area contributed by atoms with Gasteiger partial charge in [-0.3, -0.25) is 14.3 Å². The molecule has 0 saturated heterocycles. The summed E-state index contributed by atoms with van der Waals surface area (Å²) >= 11 is 0. The summed E-state index contributed by atoms with van der Waals surface area (Å²) in [6.07, 6.45) is 0. The third-order valence-electron chi connectivity index (χ3n) is 3.49. The Morgan fingerprint density at radius 2 is 1.64 bits per heavy atom. The number of anilines is 2.